The zero-order chi connectivity index (χ0) is 24.5. The number of fused-ring (bicyclic) bond motifs is 3. The van der Waals surface area contributed by atoms with Gasteiger partial charge in [-0.25, -0.2) is 14.4 Å². The van der Waals surface area contributed by atoms with E-state index in [9.17, 15) is 17.6 Å². The van der Waals surface area contributed by atoms with Crippen molar-refractivity contribution in [3.05, 3.63) is 58.2 Å². The molecule has 184 valence electrons. The average Bonchev–Trinajstić information content (AvgIpc) is 3.22. The van der Waals surface area contributed by atoms with Crippen molar-refractivity contribution in [3.8, 4) is 0 Å². The summed E-state index contributed by atoms with van der Waals surface area (Å²) in [6.45, 7) is 6.94. The van der Waals surface area contributed by atoms with Gasteiger partial charge in [-0.15, -0.1) is 0 Å². The second-order valence-corrected chi connectivity index (χ2v) is 10.1. The van der Waals surface area contributed by atoms with E-state index in [0.717, 1.165) is 62.5 Å². The Bertz CT molecular complexity index is 1330. The lowest BCUT2D eigenvalue weighted by molar-refractivity contribution is -0.140. The van der Waals surface area contributed by atoms with Crippen LogP contribution in [-0.2, 0) is 23.8 Å². The monoisotopic (exact) mass is 486 g/mol. The van der Waals surface area contributed by atoms with Gasteiger partial charge < -0.3 is 15.0 Å². The molecule has 6 rings (SSSR count). The van der Waals surface area contributed by atoms with E-state index in [0.29, 0.717) is 11.6 Å². The molecule has 2 fully saturated rings. The van der Waals surface area contributed by atoms with Gasteiger partial charge in [0, 0.05) is 29.7 Å². The van der Waals surface area contributed by atoms with E-state index in [4.69, 9.17) is 9.72 Å². The third kappa shape index (κ3) is 3.63. The summed E-state index contributed by atoms with van der Waals surface area (Å²) < 4.78 is 60.0. The van der Waals surface area contributed by atoms with Gasteiger partial charge in [-0.3, -0.25) is 0 Å². The minimum absolute atomic E-state index is 0.0553. The maximum absolute atomic E-state index is 14.8. The first-order valence-corrected chi connectivity index (χ1v) is 11.9. The first-order chi connectivity index (χ1) is 16.7. The van der Waals surface area contributed by atoms with Gasteiger partial charge >= 0.3 is 6.18 Å². The van der Waals surface area contributed by atoms with Crippen LogP contribution in [0.2, 0.25) is 0 Å². The molecule has 1 aromatic heterocycles. The Morgan fingerprint density at radius 2 is 1.86 bits per heavy atom. The minimum atomic E-state index is -4.76. The Morgan fingerprint density at radius 3 is 2.54 bits per heavy atom. The molecule has 3 heterocycles. The molecule has 9 heteroatoms. The largest absolute Gasteiger partial charge is 0.419 e. The Balaban J connectivity index is 1.40. The summed E-state index contributed by atoms with van der Waals surface area (Å²) >= 11 is 0. The smallest absolute Gasteiger partial charge is 0.380 e. The molecule has 1 N–H and O–H groups in total. The maximum atomic E-state index is 14.8. The van der Waals surface area contributed by atoms with Crippen molar-refractivity contribution in [2.45, 2.75) is 45.3 Å². The highest BCUT2D eigenvalue weighted by Crippen LogP contribution is 2.46. The lowest BCUT2D eigenvalue weighted by Gasteiger charge is -2.56. The number of hydrogen-bond acceptors (Lipinski definition) is 5. The van der Waals surface area contributed by atoms with Crippen molar-refractivity contribution in [3.63, 3.8) is 0 Å². The van der Waals surface area contributed by atoms with Gasteiger partial charge in [-0.05, 0) is 56.4 Å². The van der Waals surface area contributed by atoms with Crippen LogP contribution in [0.4, 0.5) is 29.1 Å². The summed E-state index contributed by atoms with van der Waals surface area (Å²) in [4.78, 5) is 11.7. The quantitative estimate of drug-likeness (QED) is 0.487. The van der Waals surface area contributed by atoms with E-state index in [1.807, 2.05) is 0 Å². The molecule has 0 saturated carbocycles. The van der Waals surface area contributed by atoms with Gasteiger partial charge in [0.15, 0.2) is 0 Å². The highest BCUT2D eigenvalue weighted by Gasteiger charge is 2.49. The van der Waals surface area contributed by atoms with Crippen molar-refractivity contribution < 1.29 is 22.3 Å². The van der Waals surface area contributed by atoms with E-state index in [1.165, 1.54) is 28.9 Å². The number of rotatable bonds is 4. The molecular weight excluding hydrogens is 460 g/mol. The van der Waals surface area contributed by atoms with Crippen LogP contribution in [0.1, 0.15) is 47.5 Å². The van der Waals surface area contributed by atoms with Gasteiger partial charge in [0.05, 0.1) is 35.8 Å². The SMILES string of the molecule is Cc1nc(N[C@H](C)c2cccc(C(F)(F)F)c2F)c2cc(N3CC4(COC4)C3)c3c(c2n1)CCC3. The molecule has 2 aliphatic heterocycles. The molecule has 0 radical (unpaired) electrons. The number of hydrogen-bond donors (Lipinski definition) is 1. The molecule has 3 aromatic rings. The van der Waals surface area contributed by atoms with Gasteiger partial charge in [0.25, 0.3) is 0 Å². The van der Waals surface area contributed by atoms with E-state index in [2.05, 4.69) is 21.3 Å². The number of nitrogens with one attached hydrogen (secondary N) is 1. The summed E-state index contributed by atoms with van der Waals surface area (Å²) in [5.74, 6) is -0.187. The predicted molar refractivity (Wildman–Crippen MR) is 125 cm³/mol. The Kier molecular flexibility index (Phi) is 5.01. The zero-order valence-electron chi connectivity index (χ0n) is 19.6. The number of aromatic nitrogens is 2. The topological polar surface area (TPSA) is 50.3 Å². The number of halogens is 4. The minimum Gasteiger partial charge on any atom is -0.380 e. The fraction of sp³-hybridized carbons (Fsp3) is 0.462. The molecule has 35 heavy (non-hydrogen) atoms. The molecule has 0 amide bonds. The number of ether oxygens (including phenoxy) is 1. The molecule has 0 bridgehead atoms. The van der Waals surface area contributed by atoms with Crippen molar-refractivity contribution in [1.29, 1.82) is 0 Å². The second-order valence-electron chi connectivity index (χ2n) is 10.1. The van der Waals surface area contributed by atoms with E-state index >= 15 is 0 Å². The molecule has 5 nitrogen and oxygen atoms in total. The van der Waals surface area contributed by atoms with Crippen LogP contribution in [0, 0.1) is 18.2 Å². The van der Waals surface area contributed by atoms with Crippen molar-refractivity contribution >= 4 is 22.4 Å². The van der Waals surface area contributed by atoms with Crippen LogP contribution in [-0.4, -0.2) is 36.3 Å². The summed E-state index contributed by atoms with van der Waals surface area (Å²) in [6.07, 6.45) is -1.78. The summed E-state index contributed by atoms with van der Waals surface area (Å²) in [6, 6.07) is 4.74. The highest BCUT2D eigenvalue weighted by molar-refractivity contribution is 5.96. The van der Waals surface area contributed by atoms with Crippen LogP contribution < -0.4 is 10.2 Å². The van der Waals surface area contributed by atoms with Crippen molar-refractivity contribution in [1.82, 2.24) is 9.97 Å². The lowest BCUT2D eigenvalue weighted by atomic mass is 9.77. The van der Waals surface area contributed by atoms with Gasteiger partial charge in [-0.2, -0.15) is 13.2 Å². The third-order valence-corrected chi connectivity index (χ3v) is 7.51. The first-order valence-electron chi connectivity index (χ1n) is 11.9. The number of anilines is 2. The third-order valence-electron chi connectivity index (χ3n) is 7.51. The van der Waals surface area contributed by atoms with E-state index in [-0.39, 0.29) is 11.0 Å². The molecule has 2 saturated heterocycles. The molecule has 1 atom stereocenters. The summed E-state index contributed by atoms with van der Waals surface area (Å²) in [7, 11) is 0. The van der Waals surface area contributed by atoms with Crippen LogP contribution >= 0.6 is 0 Å². The fourth-order valence-electron chi connectivity index (χ4n) is 5.74. The van der Waals surface area contributed by atoms with Crippen LogP contribution in [0.25, 0.3) is 10.9 Å². The molecule has 1 spiro atoms. The summed E-state index contributed by atoms with van der Waals surface area (Å²) in [5, 5.41) is 4.01. The molecule has 3 aliphatic rings. The first kappa shape index (κ1) is 22.5. The van der Waals surface area contributed by atoms with E-state index < -0.39 is 23.6 Å². The number of benzene rings is 2. The Hall–Kier alpha value is -2.94. The van der Waals surface area contributed by atoms with Gasteiger partial charge in [0.2, 0.25) is 0 Å². The second kappa shape index (κ2) is 7.78. The molecule has 1 aliphatic carbocycles. The maximum Gasteiger partial charge on any atom is 0.419 e. The van der Waals surface area contributed by atoms with E-state index in [1.54, 1.807) is 13.8 Å². The van der Waals surface area contributed by atoms with Crippen molar-refractivity contribution in [2.24, 2.45) is 5.41 Å². The van der Waals surface area contributed by atoms with Gasteiger partial charge in [0.1, 0.15) is 17.5 Å². The Labute approximate surface area is 200 Å². The highest BCUT2D eigenvalue weighted by atomic mass is 19.4. The fourth-order valence-corrected chi connectivity index (χ4v) is 5.74. The number of nitrogens with zero attached hydrogens (tertiary/aromatic N) is 3. The van der Waals surface area contributed by atoms with Crippen molar-refractivity contribution in [2.75, 3.05) is 36.5 Å². The zero-order valence-corrected chi connectivity index (χ0v) is 19.6. The molecular formula is C26H26F4N4O. The normalized spacial score (nSPS) is 19.4. The average molecular weight is 487 g/mol. The Morgan fingerprint density at radius 1 is 1.11 bits per heavy atom. The van der Waals surface area contributed by atoms with Crippen LogP contribution in [0.3, 0.4) is 0 Å². The van der Waals surface area contributed by atoms with Gasteiger partial charge in [-0.1, -0.05) is 12.1 Å². The predicted octanol–water partition coefficient (Wildman–Crippen LogP) is 5.59. The lowest BCUT2D eigenvalue weighted by Crippen LogP contribution is -2.66. The number of aryl methyl sites for hydroxylation is 2. The molecule has 0 unspecified atom stereocenters. The van der Waals surface area contributed by atoms with Crippen LogP contribution in [0.5, 0.6) is 0 Å². The van der Waals surface area contributed by atoms with Crippen LogP contribution in [0.15, 0.2) is 24.3 Å². The molecule has 2 aromatic carbocycles. The number of alkyl halides is 3. The summed E-state index contributed by atoms with van der Waals surface area (Å²) in [5.41, 5.74) is 3.54. The standard InChI is InChI=1S/C26H26F4N4O/c1-14(16-5-4-8-20(22(16)27)26(28,29)30)31-24-19-9-21(34-10-25(11-34)12-35-13-25)17-6-3-7-18(17)23(19)32-15(2)33-24/h4-5,8-9,14H,3,6-7,10-13H2,1-2H3,(H,31,32,33)/t14-/m1/s1.